The van der Waals surface area contributed by atoms with Crippen LogP contribution < -0.4 is 9.61 Å². The zero-order valence-electron chi connectivity index (χ0n) is 17.7. The number of para-hydroxylation sites is 1. The Morgan fingerprint density at radius 3 is 2.64 bits per heavy atom. The van der Waals surface area contributed by atoms with Gasteiger partial charge in [0.05, 0.1) is 30.4 Å². The Labute approximate surface area is 197 Å². The molecule has 33 heavy (non-hydrogen) atoms. The number of hydrogen-bond donors (Lipinski definition) is 2. The van der Waals surface area contributed by atoms with E-state index in [-0.39, 0.29) is 58.6 Å². The number of methoxy groups -OCH3 is 1. The highest BCUT2D eigenvalue weighted by Gasteiger charge is 2.69. The van der Waals surface area contributed by atoms with Gasteiger partial charge in [-0.05, 0) is 30.2 Å². The van der Waals surface area contributed by atoms with Crippen LogP contribution in [0.5, 0.6) is 5.75 Å². The highest BCUT2D eigenvalue weighted by atomic mass is 32.2. The van der Waals surface area contributed by atoms with Crippen molar-refractivity contribution >= 4 is 40.9 Å². The molecule has 3 fully saturated rings. The van der Waals surface area contributed by atoms with E-state index < -0.39 is 17.8 Å². The molecule has 8 nitrogen and oxygen atoms in total. The zero-order chi connectivity index (χ0) is 23.0. The van der Waals surface area contributed by atoms with Crippen molar-refractivity contribution in [3.8, 4) is 5.75 Å². The van der Waals surface area contributed by atoms with Gasteiger partial charge in [0.25, 0.3) is 0 Å². The predicted molar refractivity (Wildman–Crippen MR) is 120 cm³/mol. The van der Waals surface area contributed by atoms with Gasteiger partial charge in [0.15, 0.2) is 0 Å². The summed E-state index contributed by atoms with van der Waals surface area (Å²) >= 11 is 2.85. The molecule has 2 saturated carbocycles. The largest absolute Gasteiger partial charge is 0.496 e. The van der Waals surface area contributed by atoms with Crippen molar-refractivity contribution in [1.82, 2.24) is 9.88 Å². The summed E-state index contributed by atoms with van der Waals surface area (Å²) in [5, 5.41) is 10.0. The molecule has 172 valence electrons. The van der Waals surface area contributed by atoms with E-state index >= 15 is 0 Å². The molecule has 3 heterocycles. The van der Waals surface area contributed by atoms with Gasteiger partial charge in [0, 0.05) is 28.2 Å². The number of nitrogens with one attached hydrogen (secondary N) is 1. The molecule has 7 atom stereocenters. The van der Waals surface area contributed by atoms with Gasteiger partial charge in [-0.1, -0.05) is 29.5 Å². The number of ether oxygens (including phenoxy) is 1. The zero-order valence-corrected chi connectivity index (χ0v) is 19.4. The number of imide groups is 1. The predicted octanol–water partition coefficient (Wildman–Crippen LogP) is 2.39. The van der Waals surface area contributed by atoms with Crippen LogP contribution in [0.1, 0.15) is 29.2 Å². The van der Waals surface area contributed by atoms with Gasteiger partial charge >= 0.3 is 10.8 Å². The Bertz CT molecular complexity index is 1240. The molecule has 1 aromatic carbocycles. The summed E-state index contributed by atoms with van der Waals surface area (Å²) in [5.41, 5.74) is 0.996. The average molecular weight is 487 g/mol. The summed E-state index contributed by atoms with van der Waals surface area (Å²) in [5.74, 6) is -1.51. The van der Waals surface area contributed by atoms with Crippen LogP contribution in [-0.2, 0) is 14.4 Å². The number of aromatic nitrogens is 1. The van der Waals surface area contributed by atoms with E-state index in [9.17, 15) is 19.2 Å². The second-order valence-corrected chi connectivity index (χ2v) is 11.4. The van der Waals surface area contributed by atoms with E-state index in [2.05, 4.69) is 4.98 Å². The molecule has 6 rings (SSSR count). The van der Waals surface area contributed by atoms with Crippen LogP contribution in [0.3, 0.4) is 0 Å². The van der Waals surface area contributed by atoms with Crippen LogP contribution >= 0.6 is 23.1 Å². The molecule has 1 aromatic heterocycles. The second-order valence-electron chi connectivity index (χ2n) is 9.17. The van der Waals surface area contributed by atoms with Crippen LogP contribution in [0.15, 0.2) is 34.1 Å². The first kappa shape index (κ1) is 21.0. The number of aliphatic carboxylic acids is 1. The molecular formula is C23H22N2O6S2. The Morgan fingerprint density at radius 1 is 1.18 bits per heavy atom. The van der Waals surface area contributed by atoms with Crippen LogP contribution in [0, 0.1) is 29.6 Å². The quantitative estimate of drug-likeness (QED) is 0.623. The Morgan fingerprint density at radius 2 is 1.91 bits per heavy atom. The number of fused-ring (bicyclic) bond motifs is 9. The van der Waals surface area contributed by atoms with Crippen molar-refractivity contribution in [3.63, 3.8) is 0 Å². The molecule has 2 N–H and O–H groups in total. The Hall–Kier alpha value is -2.59. The normalized spacial score (nSPS) is 33.7. The number of carbonyl (C=O) groups excluding carboxylic acids is 2. The summed E-state index contributed by atoms with van der Waals surface area (Å²) in [6.45, 7) is -0.0709. The lowest BCUT2D eigenvalue weighted by Gasteiger charge is -2.43. The number of carbonyl (C=O) groups is 3. The minimum absolute atomic E-state index is 0.00374. The second kappa shape index (κ2) is 7.46. The molecule has 2 amide bonds. The third-order valence-electron chi connectivity index (χ3n) is 7.84. The fraction of sp³-hybridized carbons (Fsp3) is 0.478. The summed E-state index contributed by atoms with van der Waals surface area (Å²) in [6.07, 6.45) is 0.558. The van der Waals surface area contributed by atoms with Gasteiger partial charge in [-0.3, -0.25) is 24.1 Å². The standard InChI is InChI=1S/C23H22N2O6S2/c1-31-12-5-3-2-4-9(12)14-15-10-8-11(18(15)32-20-19(14)33-23(30)24-20)17-16(10)21(28)25(22(17)29)7-6-13(26)27/h2-5,10-11,14-18H,6-8H2,1H3,(H,24,30)(H,26,27)/t10-,11+,14+,15-,16+,17-,18-/m1/s1. The van der Waals surface area contributed by atoms with Crippen LogP contribution in [-0.4, -0.2) is 51.7 Å². The van der Waals surface area contributed by atoms with Crippen molar-refractivity contribution in [2.45, 2.75) is 29.0 Å². The van der Waals surface area contributed by atoms with E-state index in [4.69, 9.17) is 9.84 Å². The van der Waals surface area contributed by atoms with Crippen molar-refractivity contribution in [3.05, 3.63) is 44.4 Å². The number of rotatable bonds is 5. The summed E-state index contributed by atoms with van der Waals surface area (Å²) in [6, 6.07) is 7.80. The third kappa shape index (κ3) is 2.89. The lowest BCUT2D eigenvalue weighted by Crippen LogP contribution is -2.42. The molecule has 2 aliphatic carbocycles. The average Bonchev–Trinajstić information content (AvgIpc) is 3.51. The number of likely N-dealkylation sites (tertiary alicyclic amines) is 1. The van der Waals surface area contributed by atoms with Crippen LogP contribution in [0.25, 0.3) is 0 Å². The first-order chi connectivity index (χ1) is 15.9. The molecule has 0 unspecified atom stereocenters. The maximum atomic E-state index is 13.3. The van der Waals surface area contributed by atoms with E-state index in [0.29, 0.717) is 0 Å². The minimum atomic E-state index is -1.02. The van der Waals surface area contributed by atoms with E-state index in [1.807, 2.05) is 24.3 Å². The maximum Gasteiger partial charge on any atom is 0.305 e. The monoisotopic (exact) mass is 486 g/mol. The first-order valence-corrected chi connectivity index (χ1v) is 12.7. The van der Waals surface area contributed by atoms with Crippen molar-refractivity contribution in [1.29, 1.82) is 0 Å². The van der Waals surface area contributed by atoms with Gasteiger partial charge < -0.3 is 14.8 Å². The highest BCUT2D eigenvalue weighted by molar-refractivity contribution is 8.00. The maximum absolute atomic E-state index is 13.3. The SMILES string of the molecule is COc1ccccc1[C@@H]1c2sc(=O)[nH]c2S[C@@H]2[C@H]3C[C@@H]([C@@H]4C(=O)N(CCC(=O)O)C(=O)[C@H]34)[C@H]12. The van der Waals surface area contributed by atoms with Crippen LogP contribution in [0.2, 0.25) is 0 Å². The third-order valence-corrected chi connectivity index (χ3v) is 10.4. The summed E-state index contributed by atoms with van der Waals surface area (Å²) in [7, 11) is 1.63. The number of amides is 2. The number of H-pyrrole nitrogens is 1. The number of carboxylic acid groups (broad SMARTS) is 1. The molecule has 2 bridgehead atoms. The first-order valence-electron chi connectivity index (χ1n) is 11.0. The van der Waals surface area contributed by atoms with Gasteiger partial charge in [0.1, 0.15) is 5.75 Å². The Balaban J connectivity index is 1.43. The molecule has 0 radical (unpaired) electrons. The van der Waals surface area contributed by atoms with Crippen molar-refractivity contribution in [2.75, 3.05) is 13.7 Å². The lowest BCUT2D eigenvalue weighted by molar-refractivity contribution is -0.142. The molecular weight excluding hydrogens is 464 g/mol. The number of hydrogen-bond acceptors (Lipinski definition) is 7. The van der Waals surface area contributed by atoms with Gasteiger partial charge in [-0.25, -0.2) is 0 Å². The molecule has 0 spiro atoms. The molecule has 4 aliphatic rings. The number of carboxylic acids is 1. The fourth-order valence-electron chi connectivity index (χ4n) is 6.78. The topological polar surface area (TPSA) is 117 Å². The lowest BCUT2D eigenvalue weighted by atomic mass is 9.68. The van der Waals surface area contributed by atoms with Gasteiger partial charge in [-0.15, -0.1) is 11.8 Å². The fourth-order valence-corrected chi connectivity index (χ4v) is 9.66. The molecule has 1 saturated heterocycles. The van der Waals surface area contributed by atoms with Crippen molar-refractivity contribution < 1.29 is 24.2 Å². The summed E-state index contributed by atoms with van der Waals surface area (Å²) in [4.78, 5) is 54.9. The highest BCUT2D eigenvalue weighted by Crippen LogP contribution is 2.68. The van der Waals surface area contributed by atoms with Crippen LogP contribution in [0.4, 0.5) is 0 Å². The minimum Gasteiger partial charge on any atom is -0.496 e. The molecule has 10 heteroatoms. The molecule has 2 aromatic rings. The number of benzene rings is 1. The van der Waals surface area contributed by atoms with Gasteiger partial charge in [0.2, 0.25) is 11.8 Å². The molecule has 2 aliphatic heterocycles. The number of thioether (sulfide) groups is 1. The van der Waals surface area contributed by atoms with E-state index in [1.54, 1.807) is 18.9 Å². The summed E-state index contributed by atoms with van der Waals surface area (Å²) < 4.78 is 5.67. The number of thiazole rings is 1. The van der Waals surface area contributed by atoms with E-state index in [0.717, 1.165) is 27.6 Å². The van der Waals surface area contributed by atoms with Gasteiger partial charge in [-0.2, -0.15) is 0 Å². The number of nitrogens with zero attached hydrogens (tertiary/aromatic N) is 1. The van der Waals surface area contributed by atoms with Crippen molar-refractivity contribution in [2.24, 2.45) is 29.6 Å². The Kier molecular flexibility index (Phi) is 4.74. The number of aromatic amines is 1. The van der Waals surface area contributed by atoms with E-state index in [1.165, 1.54) is 16.2 Å². The smallest absolute Gasteiger partial charge is 0.305 e.